The van der Waals surface area contributed by atoms with E-state index < -0.39 is 18.0 Å². The quantitative estimate of drug-likeness (QED) is 0.634. The number of carboxylic acids is 1. The van der Waals surface area contributed by atoms with Crippen LogP contribution >= 0.6 is 11.3 Å². The molecule has 19 heavy (non-hydrogen) atoms. The van der Waals surface area contributed by atoms with Gasteiger partial charge in [0.2, 0.25) is 0 Å². The van der Waals surface area contributed by atoms with Gasteiger partial charge < -0.3 is 15.5 Å². The molecule has 100 valence electrons. The summed E-state index contributed by atoms with van der Waals surface area (Å²) in [5, 5.41) is 32.2. The molecular formula is C9H9N5O4S. The molecule has 0 radical (unpaired) electrons. The Hall–Kier alpha value is -2.33. The van der Waals surface area contributed by atoms with Crippen LogP contribution in [0.1, 0.15) is 9.67 Å². The predicted octanol–water partition coefficient (Wildman–Crippen LogP) is -1.10. The summed E-state index contributed by atoms with van der Waals surface area (Å²) in [4.78, 5) is 22.6. The molecule has 0 aromatic carbocycles. The van der Waals surface area contributed by atoms with E-state index >= 15 is 0 Å². The summed E-state index contributed by atoms with van der Waals surface area (Å²) in [6.07, 6.45) is -0.300. The average Bonchev–Trinajstić information content (AvgIpc) is 3.04. The normalized spacial score (nSPS) is 12.1. The molecule has 0 unspecified atom stereocenters. The van der Waals surface area contributed by atoms with E-state index in [1.807, 2.05) is 0 Å². The highest BCUT2D eigenvalue weighted by atomic mass is 32.1. The fourth-order valence-electron chi connectivity index (χ4n) is 1.28. The summed E-state index contributed by atoms with van der Waals surface area (Å²) in [7, 11) is 0. The Morgan fingerprint density at radius 2 is 2.32 bits per heavy atom. The topological polar surface area (TPSA) is 130 Å². The van der Waals surface area contributed by atoms with Gasteiger partial charge in [0.1, 0.15) is 11.2 Å². The van der Waals surface area contributed by atoms with Crippen molar-refractivity contribution in [2.24, 2.45) is 0 Å². The van der Waals surface area contributed by atoms with Gasteiger partial charge in [-0.1, -0.05) is 0 Å². The van der Waals surface area contributed by atoms with E-state index in [-0.39, 0.29) is 6.54 Å². The van der Waals surface area contributed by atoms with Crippen molar-refractivity contribution in [1.82, 2.24) is 25.5 Å². The summed E-state index contributed by atoms with van der Waals surface area (Å²) in [5.74, 6) is -1.90. The van der Waals surface area contributed by atoms with Gasteiger partial charge in [0.25, 0.3) is 5.91 Å². The number of nitrogens with one attached hydrogen (secondary N) is 1. The first-order chi connectivity index (χ1) is 9.09. The molecular weight excluding hydrogens is 274 g/mol. The largest absolute Gasteiger partial charge is 0.479 e. The molecule has 1 amide bonds. The van der Waals surface area contributed by atoms with Crippen molar-refractivity contribution < 1.29 is 19.8 Å². The standard InChI is InChI=1S/C9H9N5O4S/c15-6(9(17)18)3-10-8(16)7-5(1-2-19-7)14-4-11-12-13-14/h1-2,4,6,15H,3H2,(H,10,16)(H,17,18)/t6-/m0/s1. The Balaban J connectivity index is 2.08. The molecule has 0 saturated carbocycles. The molecule has 10 heteroatoms. The lowest BCUT2D eigenvalue weighted by Crippen LogP contribution is -2.36. The van der Waals surface area contributed by atoms with E-state index in [1.54, 1.807) is 11.4 Å². The number of carboxylic acid groups (broad SMARTS) is 1. The van der Waals surface area contributed by atoms with Crippen molar-refractivity contribution in [3.05, 3.63) is 22.7 Å². The van der Waals surface area contributed by atoms with Crippen molar-refractivity contribution in [3.63, 3.8) is 0 Å². The first kappa shape index (κ1) is 13.1. The van der Waals surface area contributed by atoms with Gasteiger partial charge in [0, 0.05) is 0 Å². The fraction of sp³-hybridized carbons (Fsp3) is 0.222. The molecule has 0 saturated heterocycles. The fourth-order valence-corrected chi connectivity index (χ4v) is 2.08. The lowest BCUT2D eigenvalue weighted by Gasteiger charge is -2.07. The molecule has 0 bridgehead atoms. The minimum atomic E-state index is -1.64. The van der Waals surface area contributed by atoms with Crippen molar-refractivity contribution in [1.29, 1.82) is 0 Å². The van der Waals surface area contributed by atoms with Crippen LogP contribution in [0.5, 0.6) is 0 Å². The maximum absolute atomic E-state index is 11.9. The molecule has 0 aliphatic rings. The zero-order chi connectivity index (χ0) is 13.8. The number of thiophene rings is 1. The number of aliphatic carboxylic acids is 1. The summed E-state index contributed by atoms with van der Waals surface area (Å²) >= 11 is 1.16. The van der Waals surface area contributed by atoms with Crippen LogP contribution in [-0.4, -0.2) is 54.9 Å². The number of rotatable bonds is 5. The van der Waals surface area contributed by atoms with Gasteiger partial charge >= 0.3 is 5.97 Å². The van der Waals surface area contributed by atoms with Crippen molar-refractivity contribution in [3.8, 4) is 5.69 Å². The number of carbonyl (C=O) groups is 2. The van der Waals surface area contributed by atoms with Gasteiger partial charge in [-0.3, -0.25) is 4.79 Å². The van der Waals surface area contributed by atoms with E-state index in [9.17, 15) is 9.59 Å². The second-order valence-corrected chi connectivity index (χ2v) is 4.37. The van der Waals surface area contributed by atoms with Crippen LogP contribution < -0.4 is 5.32 Å². The third-order valence-corrected chi connectivity index (χ3v) is 3.09. The van der Waals surface area contributed by atoms with Crippen LogP contribution in [0.4, 0.5) is 0 Å². The third-order valence-electron chi connectivity index (χ3n) is 2.19. The Bertz CT molecular complexity index is 581. The zero-order valence-corrected chi connectivity index (χ0v) is 10.2. The van der Waals surface area contributed by atoms with Crippen LogP contribution in [0.3, 0.4) is 0 Å². The lowest BCUT2D eigenvalue weighted by molar-refractivity contribution is -0.146. The summed E-state index contributed by atoms with van der Waals surface area (Å²) in [5.41, 5.74) is 0.484. The van der Waals surface area contributed by atoms with E-state index in [1.165, 1.54) is 11.0 Å². The molecule has 0 fully saturated rings. The van der Waals surface area contributed by atoms with E-state index in [0.717, 1.165) is 11.3 Å². The smallest absolute Gasteiger partial charge is 0.334 e. The number of hydrogen-bond donors (Lipinski definition) is 3. The van der Waals surface area contributed by atoms with Crippen molar-refractivity contribution in [2.75, 3.05) is 6.54 Å². The Morgan fingerprint density at radius 3 is 2.95 bits per heavy atom. The average molecular weight is 283 g/mol. The molecule has 0 aliphatic heterocycles. The van der Waals surface area contributed by atoms with Crippen LogP contribution in [0.15, 0.2) is 17.8 Å². The molecule has 2 aromatic rings. The highest BCUT2D eigenvalue weighted by Gasteiger charge is 2.18. The second kappa shape index (κ2) is 5.54. The highest BCUT2D eigenvalue weighted by Crippen LogP contribution is 2.19. The maximum Gasteiger partial charge on any atom is 0.334 e. The molecule has 0 spiro atoms. The predicted molar refractivity (Wildman–Crippen MR) is 63.0 cm³/mol. The van der Waals surface area contributed by atoms with Gasteiger partial charge in [0.05, 0.1) is 12.2 Å². The SMILES string of the molecule is O=C(NC[C@H](O)C(=O)O)c1sccc1-n1cnnn1. The number of aliphatic hydroxyl groups excluding tert-OH is 1. The molecule has 2 heterocycles. The first-order valence-electron chi connectivity index (χ1n) is 5.09. The van der Waals surface area contributed by atoms with Gasteiger partial charge in [-0.25, -0.2) is 4.79 Å². The number of tetrazole rings is 1. The first-order valence-corrected chi connectivity index (χ1v) is 5.97. The molecule has 3 N–H and O–H groups in total. The maximum atomic E-state index is 11.9. The van der Waals surface area contributed by atoms with E-state index in [0.29, 0.717) is 10.6 Å². The van der Waals surface area contributed by atoms with Crippen LogP contribution in [-0.2, 0) is 4.79 Å². The third kappa shape index (κ3) is 2.92. The van der Waals surface area contributed by atoms with Gasteiger partial charge in [-0.2, -0.15) is 4.68 Å². The number of carbonyl (C=O) groups excluding carboxylic acids is 1. The lowest BCUT2D eigenvalue weighted by atomic mass is 10.3. The highest BCUT2D eigenvalue weighted by molar-refractivity contribution is 7.12. The monoisotopic (exact) mass is 283 g/mol. The van der Waals surface area contributed by atoms with Crippen LogP contribution in [0.25, 0.3) is 5.69 Å². The van der Waals surface area contributed by atoms with E-state index in [4.69, 9.17) is 10.2 Å². The molecule has 2 rings (SSSR count). The summed E-state index contributed by atoms with van der Waals surface area (Å²) < 4.78 is 1.32. The Kier molecular flexibility index (Phi) is 3.82. The minimum absolute atomic E-state index is 0.324. The van der Waals surface area contributed by atoms with E-state index in [2.05, 4.69) is 20.8 Å². The van der Waals surface area contributed by atoms with Gasteiger partial charge in [-0.15, -0.1) is 16.4 Å². The number of hydrogen-bond acceptors (Lipinski definition) is 7. The summed E-state index contributed by atoms with van der Waals surface area (Å²) in [6.45, 7) is -0.374. The number of nitrogens with zero attached hydrogens (tertiary/aromatic N) is 4. The Labute approximate surface area is 110 Å². The zero-order valence-electron chi connectivity index (χ0n) is 9.42. The van der Waals surface area contributed by atoms with Gasteiger partial charge in [-0.05, 0) is 21.9 Å². The minimum Gasteiger partial charge on any atom is -0.479 e. The number of amides is 1. The summed E-state index contributed by atoms with van der Waals surface area (Å²) in [6, 6.07) is 1.66. The van der Waals surface area contributed by atoms with Crippen molar-refractivity contribution >= 4 is 23.2 Å². The number of aliphatic hydroxyl groups is 1. The van der Waals surface area contributed by atoms with Gasteiger partial charge in [0.15, 0.2) is 6.10 Å². The number of aromatic nitrogens is 4. The van der Waals surface area contributed by atoms with Crippen LogP contribution in [0.2, 0.25) is 0 Å². The molecule has 2 aromatic heterocycles. The molecule has 0 aliphatic carbocycles. The van der Waals surface area contributed by atoms with Crippen molar-refractivity contribution in [2.45, 2.75) is 6.10 Å². The Morgan fingerprint density at radius 1 is 1.53 bits per heavy atom. The molecule has 9 nitrogen and oxygen atoms in total. The van der Waals surface area contributed by atoms with Crippen LogP contribution in [0, 0.1) is 0 Å². The molecule has 1 atom stereocenters. The second-order valence-electron chi connectivity index (χ2n) is 3.45.